The van der Waals surface area contributed by atoms with Gasteiger partial charge in [-0.15, -0.1) is 0 Å². The van der Waals surface area contributed by atoms with Gasteiger partial charge in [0, 0.05) is 38.4 Å². The van der Waals surface area contributed by atoms with E-state index in [1.165, 1.54) is 31.5 Å². The van der Waals surface area contributed by atoms with Crippen molar-refractivity contribution in [2.45, 2.75) is 38.3 Å². The van der Waals surface area contributed by atoms with Crippen LogP contribution in [0.25, 0.3) is 0 Å². The third-order valence-electron chi connectivity index (χ3n) is 4.87. The van der Waals surface area contributed by atoms with E-state index in [1.54, 1.807) is 0 Å². The Labute approximate surface area is 109 Å². The lowest BCUT2D eigenvalue weighted by Crippen LogP contribution is -2.59. The van der Waals surface area contributed by atoms with Gasteiger partial charge in [-0.3, -0.25) is 4.48 Å². The zero-order valence-corrected chi connectivity index (χ0v) is 11.1. The van der Waals surface area contributed by atoms with Gasteiger partial charge < -0.3 is 11.1 Å². The molecule has 1 unspecified atom stereocenters. The number of quaternary nitrogens is 1. The van der Waals surface area contributed by atoms with Crippen molar-refractivity contribution in [1.82, 2.24) is 14.8 Å². The Morgan fingerprint density at radius 3 is 2.83 bits per heavy atom. The third kappa shape index (κ3) is 1.71. The van der Waals surface area contributed by atoms with E-state index in [0.29, 0.717) is 17.9 Å². The molecule has 4 heteroatoms. The van der Waals surface area contributed by atoms with Crippen LogP contribution >= 0.6 is 0 Å². The minimum absolute atomic E-state index is 0.619. The molecule has 4 nitrogen and oxygen atoms in total. The van der Waals surface area contributed by atoms with Crippen LogP contribution in [0.5, 0.6) is 0 Å². The Balaban J connectivity index is 2.01. The third-order valence-corrected chi connectivity index (χ3v) is 4.87. The Kier molecular flexibility index (Phi) is 2.99. The summed E-state index contributed by atoms with van der Waals surface area (Å²) in [5, 5.41) is 3.51. The van der Waals surface area contributed by atoms with Gasteiger partial charge in [0.05, 0.1) is 18.8 Å². The van der Waals surface area contributed by atoms with Crippen molar-refractivity contribution in [1.29, 1.82) is 0 Å². The molecule has 0 saturated carbocycles. The maximum atomic E-state index is 5.73. The fraction of sp³-hybridized carbons (Fsp3) is 0.643. The number of anilines is 1. The van der Waals surface area contributed by atoms with Crippen LogP contribution in [-0.2, 0) is 0 Å². The smallest absolute Gasteiger partial charge is 0.152 e. The van der Waals surface area contributed by atoms with Gasteiger partial charge in [0.15, 0.2) is 5.69 Å². The highest BCUT2D eigenvalue weighted by Gasteiger charge is 2.48. The highest BCUT2D eigenvalue weighted by atomic mass is 15.4. The lowest BCUT2D eigenvalue weighted by atomic mass is 10.1. The zero-order valence-electron chi connectivity index (χ0n) is 11.1. The molecule has 0 aromatic carbocycles. The summed E-state index contributed by atoms with van der Waals surface area (Å²) in [5.74, 6) is 0.619. The van der Waals surface area contributed by atoms with Gasteiger partial charge in [-0.1, -0.05) is 0 Å². The first-order valence-electron chi connectivity index (χ1n) is 7.04. The van der Waals surface area contributed by atoms with Crippen LogP contribution in [0.1, 0.15) is 26.2 Å². The van der Waals surface area contributed by atoms with Gasteiger partial charge >= 0.3 is 0 Å². The predicted octanol–water partition coefficient (Wildman–Crippen LogP) is 1.52. The molecule has 3 rings (SSSR count). The predicted molar refractivity (Wildman–Crippen MR) is 75.3 cm³/mol. The Morgan fingerprint density at radius 2 is 2.28 bits per heavy atom. The number of pyridine rings is 1. The number of nitrogens with zero attached hydrogens (tertiary/aromatic N) is 2. The molecule has 2 fully saturated rings. The molecule has 2 aliphatic heterocycles. The summed E-state index contributed by atoms with van der Waals surface area (Å²) < 4.78 is 1.11. The molecule has 2 saturated heterocycles. The average Bonchev–Trinajstić information content (AvgIpc) is 3.00. The normalized spacial score (nSPS) is 36.1. The molecule has 3 heterocycles. The molecule has 1 aromatic rings. The van der Waals surface area contributed by atoms with E-state index in [9.17, 15) is 0 Å². The molecule has 3 atom stereocenters. The number of nitrogens with two attached hydrogens (primary N) is 1. The number of rotatable bonds is 2. The van der Waals surface area contributed by atoms with E-state index in [0.717, 1.165) is 17.6 Å². The monoisotopic (exact) mass is 247 g/mol. The molecule has 0 amide bonds. The van der Waals surface area contributed by atoms with Gasteiger partial charge in [-0.05, 0) is 13.0 Å². The molecule has 2 aliphatic rings. The minimum Gasteiger partial charge on any atom is -0.384 e. The number of hydrogen-bond donors (Lipinski definition) is 2. The van der Waals surface area contributed by atoms with Crippen LogP contribution < -0.4 is 15.5 Å². The van der Waals surface area contributed by atoms with Crippen molar-refractivity contribution in [2.24, 2.45) is 0 Å². The minimum atomic E-state index is 0.619. The maximum absolute atomic E-state index is 5.73. The number of hydrogen-bond acceptors (Lipinski definition) is 3. The fourth-order valence-corrected chi connectivity index (χ4v) is 3.91. The molecule has 18 heavy (non-hydrogen) atoms. The largest absolute Gasteiger partial charge is 0.384 e. The molecular formula is C14H23N4+. The summed E-state index contributed by atoms with van der Waals surface area (Å²) in [7, 11) is 0. The summed E-state index contributed by atoms with van der Waals surface area (Å²) in [5.41, 5.74) is 7.08. The first-order valence-corrected chi connectivity index (χ1v) is 7.04. The number of aromatic nitrogens is 1. The van der Waals surface area contributed by atoms with Gasteiger partial charge in [0.1, 0.15) is 11.9 Å². The molecule has 0 aliphatic carbocycles. The summed E-state index contributed by atoms with van der Waals surface area (Å²) in [6, 6.07) is 5.53. The standard InChI is InChI=1S/C14H23N4/c1-11-3-2-8-18(11,13-6-7-16-9-13)12-4-5-14(15)17-10-12/h4-5,10-11,13,16H,2-3,6-9H2,1H3,(H2,15,17)/q+1/t11-,13-,18?/m0/s1. The summed E-state index contributed by atoms with van der Waals surface area (Å²) in [4.78, 5) is 4.32. The summed E-state index contributed by atoms with van der Waals surface area (Å²) >= 11 is 0. The molecule has 98 valence electrons. The maximum Gasteiger partial charge on any atom is 0.152 e. The van der Waals surface area contributed by atoms with Crippen molar-refractivity contribution < 1.29 is 0 Å². The van der Waals surface area contributed by atoms with E-state index >= 15 is 0 Å². The number of nitrogens with one attached hydrogen (secondary N) is 1. The van der Waals surface area contributed by atoms with E-state index in [-0.39, 0.29) is 0 Å². The summed E-state index contributed by atoms with van der Waals surface area (Å²) in [6.07, 6.45) is 5.91. The fourth-order valence-electron chi connectivity index (χ4n) is 3.91. The van der Waals surface area contributed by atoms with Gasteiger partial charge in [-0.2, -0.15) is 0 Å². The van der Waals surface area contributed by atoms with E-state index < -0.39 is 0 Å². The molecule has 1 aromatic heterocycles. The number of nitrogen functional groups attached to an aromatic ring is 1. The first-order chi connectivity index (χ1) is 8.73. The molecule has 3 N–H and O–H groups in total. The quantitative estimate of drug-likeness (QED) is 0.779. The highest BCUT2D eigenvalue weighted by Crippen LogP contribution is 2.38. The molecule has 0 radical (unpaired) electrons. The van der Waals surface area contributed by atoms with E-state index in [1.807, 2.05) is 12.3 Å². The van der Waals surface area contributed by atoms with Gasteiger partial charge in [0.2, 0.25) is 0 Å². The Hall–Kier alpha value is -1.13. The lowest BCUT2D eigenvalue weighted by molar-refractivity contribution is 0.202. The zero-order chi connectivity index (χ0) is 12.6. The molecular weight excluding hydrogens is 224 g/mol. The highest BCUT2D eigenvalue weighted by molar-refractivity contribution is 5.47. The van der Waals surface area contributed by atoms with Crippen LogP contribution in [0.15, 0.2) is 18.3 Å². The Bertz CT molecular complexity index is 410. The topological polar surface area (TPSA) is 50.9 Å². The second-order valence-corrected chi connectivity index (χ2v) is 5.73. The van der Waals surface area contributed by atoms with E-state index in [4.69, 9.17) is 5.73 Å². The van der Waals surface area contributed by atoms with Gasteiger partial charge in [0.25, 0.3) is 0 Å². The van der Waals surface area contributed by atoms with Crippen LogP contribution in [0.3, 0.4) is 0 Å². The molecule has 0 spiro atoms. The first kappa shape index (κ1) is 11.9. The SMILES string of the molecule is C[C@H]1CCC[N+]1(c1ccc(N)nc1)[C@H]1CCNC1. The van der Waals surface area contributed by atoms with Crippen LogP contribution in [0.4, 0.5) is 11.5 Å². The van der Waals surface area contributed by atoms with Crippen molar-refractivity contribution >= 4 is 11.5 Å². The van der Waals surface area contributed by atoms with Crippen molar-refractivity contribution in [3.8, 4) is 0 Å². The second-order valence-electron chi connectivity index (χ2n) is 5.73. The van der Waals surface area contributed by atoms with Crippen molar-refractivity contribution in [3.63, 3.8) is 0 Å². The van der Waals surface area contributed by atoms with Crippen LogP contribution in [-0.4, -0.2) is 36.7 Å². The van der Waals surface area contributed by atoms with Crippen LogP contribution in [0, 0.1) is 0 Å². The number of likely N-dealkylation sites (tertiary alicyclic amines) is 1. The van der Waals surface area contributed by atoms with Crippen LogP contribution in [0.2, 0.25) is 0 Å². The second kappa shape index (κ2) is 4.52. The van der Waals surface area contributed by atoms with Crippen molar-refractivity contribution in [2.75, 3.05) is 25.4 Å². The summed E-state index contributed by atoms with van der Waals surface area (Å²) in [6.45, 7) is 5.93. The molecule has 0 bridgehead atoms. The van der Waals surface area contributed by atoms with Crippen molar-refractivity contribution in [3.05, 3.63) is 18.3 Å². The van der Waals surface area contributed by atoms with Gasteiger partial charge in [-0.25, -0.2) is 4.98 Å². The lowest BCUT2D eigenvalue weighted by Gasteiger charge is -2.43. The van der Waals surface area contributed by atoms with E-state index in [2.05, 4.69) is 23.3 Å². The average molecular weight is 247 g/mol. The Morgan fingerprint density at radius 1 is 1.39 bits per heavy atom.